The molecular formula is C17H28N4O4S. The van der Waals surface area contributed by atoms with Gasteiger partial charge in [0.25, 0.3) is 5.69 Å². The minimum atomic E-state index is -3.77. The van der Waals surface area contributed by atoms with Gasteiger partial charge in [-0.2, -0.15) is 0 Å². The first-order chi connectivity index (χ1) is 12.3. The highest BCUT2D eigenvalue weighted by Crippen LogP contribution is 2.32. The summed E-state index contributed by atoms with van der Waals surface area (Å²) in [5.41, 5.74) is 0.352. The molecule has 1 aliphatic rings. The van der Waals surface area contributed by atoms with E-state index in [1.165, 1.54) is 18.6 Å². The van der Waals surface area contributed by atoms with Gasteiger partial charge in [0.1, 0.15) is 5.69 Å². The Hall–Kier alpha value is -1.71. The number of hydrogen-bond donors (Lipinski definition) is 1. The number of likely N-dealkylation sites (N-methyl/N-ethyl adjacent to an activating group) is 1. The quantitative estimate of drug-likeness (QED) is 0.572. The Balaban J connectivity index is 2.26. The molecule has 9 heteroatoms. The second kappa shape index (κ2) is 9.29. The van der Waals surface area contributed by atoms with Crippen molar-refractivity contribution in [1.29, 1.82) is 0 Å². The second-order valence-electron chi connectivity index (χ2n) is 6.86. The van der Waals surface area contributed by atoms with Gasteiger partial charge >= 0.3 is 0 Å². The van der Waals surface area contributed by atoms with E-state index in [4.69, 9.17) is 0 Å². The molecule has 0 spiro atoms. The number of nitrogens with zero attached hydrogens (tertiary/aromatic N) is 3. The molecule has 1 aliphatic heterocycles. The zero-order valence-electron chi connectivity index (χ0n) is 15.5. The van der Waals surface area contributed by atoms with E-state index in [1.807, 2.05) is 23.9 Å². The van der Waals surface area contributed by atoms with Crippen LogP contribution < -0.4 is 9.62 Å². The maximum Gasteiger partial charge on any atom is 0.293 e. The lowest BCUT2D eigenvalue weighted by Crippen LogP contribution is -2.31. The molecule has 0 aromatic heterocycles. The van der Waals surface area contributed by atoms with Crippen LogP contribution in [0.5, 0.6) is 0 Å². The van der Waals surface area contributed by atoms with Crippen LogP contribution in [-0.4, -0.2) is 58.5 Å². The Labute approximate surface area is 155 Å². The first-order valence-electron chi connectivity index (χ1n) is 8.99. The van der Waals surface area contributed by atoms with Crippen LogP contribution in [0.2, 0.25) is 0 Å². The fourth-order valence-electron chi connectivity index (χ4n) is 3.06. The van der Waals surface area contributed by atoms with E-state index < -0.39 is 14.9 Å². The van der Waals surface area contributed by atoms with Gasteiger partial charge in [0.15, 0.2) is 0 Å². The summed E-state index contributed by atoms with van der Waals surface area (Å²) in [4.78, 5) is 14.9. The Morgan fingerprint density at radius 1 is 1.15 bits per heavy atom. The highest BCUT2D eigenvalue weighted by Gasteiger charge is 2.24. The number of nitro benzene ring substituents is 1. The zero-order valence-corrected chi connectivity index (χ0v) is 16.3. The predicted molar refractivity (Wildman–Crippen MR) is 102 cm³/mol. The van der Waals surface area contributed by atoms with Crippen molar-refractivity contribution in [3.05, 3.63) is 28.3 Å². The molecule has 2 rings (SSSR count). The molecule has 0 unspecified atom stereocenters. The van der Waals surface area contributed by atoms with Crippen molar-refractivity contribution in [2.45, 2.75) is 37.0 Å². The van der Waals surface area contributed by atoms with Crippen LogP contribution in [0, 0.1) is 10.1 Å². The third kappa shape index (κ3) is 5.65. The summed E-state index contributed by atoms with van der Waals surface area (Å²) in [5, 5.41) is 11.6. The van der Waals surface area contributed by atoms with E-state index in [9.17, 15) is 18.5 Å². The summed E-state index contributed by atoms with van der Waals surface area (Å²) in [6.45, 7) is 2.31. The largest absolute Gasteiger partial charge is 0.366 e. The van der Waals surface area contributed by atoms with Crippen molar-refractivity contribution in [3.63, 3.8) is 0 Å². The number of anilines is 1. The number of nitrogens with one attached hydrogen (secondary N) is 1. The summed E-state index contributed by atoms with van der Waals surface area (Å²) < 4.78 is 27.3. The van der Waals surface area contributed by atoms with Gasteiger partial charge in [0, 0.05) is 32.2 Å². The van der Waals surface area contributed by atoms with Crippen LogP contribution in [0.25, 0.3) is 0 Å². The highest BCUT2D eigenvalue weighted by atomic mass is 32.2. The molecule has 0 radical (unpaired) electrons. The smallest absolute Gasteiger partial charge is 0.293 e. The Kier molecular flexibility index (Phi) is 7.36. The number of hydrogen-bond acceptors (Lipinski definition) is 6. The topological polar surface area (TPSA) is 95.8 Å². The van der Waals surface area contributed by atoms with Crippen molar-refractivity contribution < 1.29 is 13.3 Å². The van der Waals surface area contributed by atoms with Crippen molar-refractivity contribution >= 4 is 21.4 Å². The third-order valence-electron chi connectivity index (χ3n) is 4.50. The zero-order chi connectivity index (χ0) is 19.2. The average molecular weight is 385 g/mol. The molecule has 26 heavy (non-hydrogen) atoms. The molecule has 0 atom stereocenters. The third-order valence-corrected chi connectivity index (χ3v) is 5.96. The normalized spacial score (nSPS) is 16.3. The number of benzene rings is 1. The summed E-state index contributed by atoms with van der Waals surface area (Å²) in [6, 6.07) is 4.20. The minimum absolute atomic E-state index is 0.0706. The summed E-state index contributed by atoms with van der Waals surface area (Å²) in [6.07, 6.45) is 5.41. The van der Waals surface area contributed by atoms with E-state index >= 15 is 0 Å². The van der Waals surface area contributed by atoms with Crippen LogP contribution in [0.15, 0.2) is 23.1 Å². The molecule has 0 bridgehead atoms. The van der Waals surface area contributed by atoms with E-state index in [1.54, 1.807) is 6.07 Å². The maximum absolute atomic E-state index is 12.4. The SMILES string of the molecule is CN(C)CCNS(=O)(=O)c1ccc(N2CCCCCCC2)c([N+](=O)[O-])c1. The second-order valence-corrected chi connectivity index (χ2v) is 8.63. The van der Waals surface area contributed by atoms with Gasteiger partial charge in [-0.3, -0.25) is 10.1 Å². The van der Waals surface area contributed by atoms with Gasteiger partial charge in [0.2, 0.25) is 10.0 Å². The van der Waals surface area contributed by atoms with E-state index in [-0.39, 0.29) is 17.1 Å². The molecule has 8 nitrogen and oxygen atoms in total. The van der Waals surface area contributed by atoms with E-state index in [0.717, 1.165) is 38.8 Å². The fourth-order valence-corrected chi connectivity index (χ4v) is 4.10. The lowest BCUT2D eigenvalue weighted by molar-refractivity contribution is -0.384. The Morgan fingerprint density at radius 2 is 1.77 bits per heavy atom. The molecule has 0 saturated carbocycles. The van der Waals surface area contributed by atoms with Crippen LogP contribution in [0.4, 0.5) is 11.4 Å². The Morgan fingerprint density at radius 3 is 2.35 bits per heavy atom. The molecule has 1 aromatic carbocycles. The van der Waals surface area contributed by atoms with E-state index in [2.05, 4.69) is 4.72 Å². The van der Waals surface area contributed by atoms with Crippen LogP contribution >= 0.6 is 0 Å². The van der Waals surface area contributed by atoms with Crippen molar-refractivity contribution in [3.8, 4) is 0 Å². The lowest BCUT2D eigenvalue weighted by Gasteiger charge is -2.26. The first kappa shape index (κ1) is 20.6. The van der Waals surface area contributed by atoms with E-state index in [0.29, 0.717) is 12.2 Å². The monoisotopic (exact) mass is 384 g/mol. The molecule has 1 N–H and O–H groups in total. The number of nitro groups is 1. The molecule has 0 amide bonds. The van der Waals surface area contributed by atoms with Crippen molar-refractivity contribution in [2.75, 3.05) is 45.2 Å². The molecular weight excluding hydrogens is 356 g/mol. The lowest BCUT2D eigenvalue weighted by atomic mass is 10.1. The summed E-state index contributed by atoms with van der Waals surface area (Å²) >= 11 is 0. The van der Waals surface area contributed by atoms with Crippen LogP contribution in [-0.2, 0) is 10.0 Å². The highest BCUT2D eigenvalue weighted by molar-refractivity contribution is 7.89. The molecule has 1 fully saturated rings. The predicted octanol–water partition coefficient (Wildman–Crippen LogP) is 2.21. The molecule has 0 aliphatic carbocycles. The van der Waals surface area contributed by atoms with Crippen LogP contribution in [0.1, 0.15) is 32.1 Å². The average Bonchev–Trinajstić information content (AvgIpc) is 2.53. The maximum atomic E-state index is 12.4. The minimum Gasteiger partial charge on any atom is -0.366 e. The Bertz CT molecular complexity index is 713. The van der Waals surface area contributed by atoms with Crippen molar-refractivity contribution in [2.24, 2.45) is 0 Å². The van der Waals surface area contributed by atoms with Crippen LogP contribution in [0.3, 0.4) is 0 Å². The van der Waals surface area contributed by atoms with Gasteiger partial charge < -0.3 is 9.80 Å². The molecule has 1 heterocycles. The van der Waals surface area contributed by atoms with Gasteiger partial charge in [-0.25, -0.2) is 13.1 Å². The first-order valence-corrected chi connectivity index (χ1v) is 10.5. The number of sulfonamides is 1. The van der Waals surface area contributed by atoms with Gasteiger partial charge in [-0.1, -0.05) is 19.3 Å². The van der Waals surface area contributed by atoms with Gasteiger partial charge in [-0.15, -0.1) is 0 Å². The summed E-state index contributed by atoms with van der Waals surface area (Å²) in [7, 11) is -0.0829. The standard InChI is InChI=1S/C17H28N4O4S/c1-19(2)13-10-18-26(24,25)15-8-9-16(17(14-15)21(22)23)20-11-6-4-3-5-7-12-20/h8-9,14,18H,3-7,10-13H2,1-2H3. The molecule has 1 aromatic rings. The molecule has 146 valence electrons. The van der Waals surface area contributed by atoms with Gasteiger partial charge in [-0.05, 0) is 39.1 Å². The summed E-state index contributed by atoms with van der Waals surface area (Å²) in [5.74, 6) is 0. The van der Waals surface area contributed by atoms with Gasteiger partial charge in [0.05, 0.1) is 9.82 Å². The van der Waals surface area contributed by atoms with Crippen molar-refractivity contribution in [1.82, 2.24) is 9.62 Å². The fraction of sp³-hybridized carbons (Fsp3) is 0.647. The molecule has 1 saturated heterocycles. The number of rotatable bonds is 7.